The minimum absolute atomic E-state index is 0.0236. The molecule has 72 valence electrons. The van der Waals surface area contributed by atoms with Gasteiger partial charge in [-0.1, -0.05) is 15.9 Å². The molecular weight excluding hydrogens is 250 g/mol. The standard InChI is InChI=1S/C9H12BrNOS/c1-7(11)6-13(12)9-4-2-8(10)3-5-9/h2-5,7H,6,11H2,1H3. The average Bonchev–Trinajstić information content (AvgIpc) is 2.04. The fourth-order valence-electron chi connectivity index (χ4n) is 0.921. The molecule has 0 saturated carbocycles. The number of hydrogen-bond donors (Lipinski definition) is 1. The van der Waals surface area contributed by atoms with Crippen molar-refractivity contribution in [1.82, 2.24) is 0 Å². The fraction of sp³-hybridized carbons (Fsp3) is 0.333. The minimum Gasteiger partial charge on any atom is -0.327 e. The molecule has 2 N–H and O–H groups in total. The van der Waals surface area contributed by atoms with E-state index in [1.54, 1.807) is 0 Å². The summed E-state index contributed by atoms with van der Waals surface area (Å²) < 4.78 is 12.6. The summed E-state index contributed by atoms with van der Waals surface area (Å²) in [6, 6.07) is 7.44. The molecule has 2 atom stereocenters. The second kappa shape index (κ2) is 4.88. The Morgan fingerprint density at radius 1 is 1.46 bits per heavy atom. The van der Waals surface area contributed by atoms with E-state index in [9.17, 15) is 4.21 Å². The van der Waals surface area contributed by atoms with E-state index in [1.165, 1.54) is 0 Å². The van der Waals surface area contributed by atoms with E-state index in [0.29, 0.717) is 5.75 Å². The van der Waals surface area contributed by atoms with Crippen molar-refractivity contribution < 1.29 is 4.21 Å². The molecule has 1 rings (SSSR count). The van der Waals surface area contributed by atoms with E-state index in [1.807, 2.05) is 31.2 Å². The topological polar surface area (TPSA) is 43.1 Å². The molecular formula is C9H12BrNOS. The van der Waals surface area contributed by atoms with Crippen molar-refractivity contribution in [2.45, 2.75) is 17.9 Å². The third kappa shape index (κ3) is 3.58. The third-order valence-corrected chi connectivity index (χ3v) is 3.65. The molecule has 0 heterocycles. The lowest BCUT2D eigenvalue weighted by molar-refractivity contribution is 0.676. The first-order valence-corrected chi connectivity index (χ1v) is 6.10. The molecule has 0 fully saturated rings. The second-order valence-corrected chi connectivity index (χ2v) is 5.35. The smallest absolute Gasteiger partial charge is 0.0545 e. The number of halogens is 1. The number of nitrogens with two attached hydrogens (primary N) is 1. The van der Waals surface area contributed by atoms with Gasteiger partial charge in [-0.05, 0) is 31.2 Å². The first-order valence-electron chi connectivity index (χ1n) is 3.99. The Kier molecular flexibility index (Phi) is 4.09. The second-order valence-electron chi connectivity index (χ2n) is 2.94. The van der Waals surface area contributed by atoms with Gasteiger partial charge in [0.1, 0.15) is 0 Å². The Balaban J connectivity index is 2.72. The van der Waals surface area contributed by atoms with Gasteiger partial charge in [0.05, 0.1) is 10.8 Å². The predicted molar refractivity (Wildman–Crippen MR) is 59.1 cm³/mol. The van der Waals surface area contributed by atoms with Crippen LogP contribution in [0.5, 0.6) is 0 Å². The van der Waals surface area contributed by atoms with E-state index in [4.69, 9.17) is 5.73 Å². The van der Waals surface area contributed by atoms with Crippen molar-refractivity contribution >= 4 is 26.7 Å². The molecule has 0 aromatic heterocycles. The Labute approximate surface area is 89.1 Å². The normalized spacial score (nSPS) is 15.3. The number of rotatable bonds is 3. The van der Waals surface area contributed by atoms with Gasteiger partial charge in [0.2, 0.25) is 0 Å². The molecule has 4 heteroatoms. The molecule has 2 nitrogen and oxygen atoms in total. The van der Waals surface area contributed by atoms with Gasteiger partial charge in [0.25, 0.3) is 0 Å². The molecule has 0 aliphatic heterocycles. The summed E-state index contributed by atoms with van der Waals surface area (Å²) in [6.07, 6.45) is 0. The molecule has 0 amide bonds. The van der Waals surface area contributed by atoms with Crippen LogP contribution in [0.1, 0.15) is 6.92 Å². The quantitative estimate of drug-likeness (QED) is 0.904. The average molecular weight is 262 g/mol. The molecule has 1 aromatic rings. The Bertz CT molecular complexity index is 297. The van der Waals surface area contributed by atoms with Crippen molar-refractivity contribution in [2.24, 2.45) is 5.73 Å². The van der Waals surface area contributed by atoms with Crippen LogP contribution in [0.15, 0.2) is 33.6 Å². The summed E-state index contributed by atoms with van der Waals surface area (Å²) in [4.78, 5) is 0.834. The molecule has 0 bridgehead atoms. The summed E-state index contributed by atoms with van der Waals surface area (Å²) in [5.74, 6) is 0.516. The fourth-order valence-corrected chi connectivity index (χ4v) is 2.30. The SMILES string of the molecule is CC(N)CS(=O)c1ccc(Br)cc1. The zero-order chi connectivity index (χ0) is 9.84. The highest BCUT2D eigenvalue weighted by Crippen LogP contribution is 2.13. The molecule has 0 saturated heterocycles. The van der Waals surface area contributed by atoms with E-state index in [-0.39, 0.29) is 6.04 Å². The number of benzene rings is 1. The lowest BCUT2D eigenvalue weighted by atomic mass is 10.4. The summed E-state index contributed by atoms with van der Waals surface area (Å²) in [6.45, 7) is 1.86. The zero-order valence-corrected chi connectivity index (χ0v) is 9.77. The van der Waals surface area contributed by atoms with Gasteiger partial charge in [-0.25, -0.2) is 0 Å². The number of hydrogen-bond acceptors (Lipinski definition) is 2. The van der Waals surface area contributed by atoms with Gasteiger partial charge in [0.15, 0.2) is 0 Å². The molecule has 1 aromatic carbocycles. The molecule has 2 unspecified atom stereocenters. The van der Waals surface area contributed by atoms with Crippen LogP contribution in [-0.2, 0) is 10.8 Å². The van der Waals surface area contributed by atoms with E-state index >= 15 is 0 Å². The highest BCUT2D eigenvalue weighted by molar-refractivity contribution is 9.10. The van der Waals surface area contributed by atoms with Crippen molar-refractivity contribution in [2.75, 3.05) is 5.75 Å². The maximum Gasteiger partial charge on any atom is 0.0545 e. The highest BCUT2D eigenvalue weighted by Gasteiger charge is 2.05. The van der Waals surface area contributed by atoms with Gasteiger partial charge in [-0.2, -0.15) is 0 Å². The lowest BCUT2D eigenvalue weighted by Crippen LogP contribution is -2.22. The van der Waals surface area contributed by atoms with Gasteiger partial charge in [-0.15, -0.1) is 0 Å². The molecule has 0 aliphatic carbocycles. The van der Waals surface area contributed by atoms with Gasteiger partial charge in [-0.3, -0.25) is 4.21 Å². The van der Waals surface area contributed by atoms with Crippen LogP contribution in [-0.4, -0.2) is 16.0 Å². The summed E-state index contributed by atoms with van der Waals surface area (Å²) in [5.41, 5.74) is 5.56. The first-order chi connectivity index (χ1) is 6.09. The molecule has 13 heavy (non-hydrogen) atoms. The van der Waals surface area contributed by atoms with Gasteiger partial charge in [0, 0.05) is 21.2 Å². The van der Waals surface area contributed by atoms with Crippen LogP contribution in [0.3, 0.4) is 0 Å². The van der Waals surface area contributed by atoms with Crippen LogP contribution < -0.4 is 5.73 Å². The third-order valence-electron chi connectivity index (χ3n) is 1.49. The van der Waals surface area contributed by atoms with Crippen molar-refractivity contribution in [3.8, 4) is 0 Å². The Morgan fingerprint density at radius 3 is 2.46 bits per heavy atom. The Hall–Kier alpha value is -0.190. The monoisotopic (exact) mass is 261 g/mol. The van der Waals surface area contributed by atoms with Crippen LogP contribution in [0, 0.1) is 0 Å². The Morgan fingerprint density at radius 2 is 2.00 bits per heavy atom. The lowest BCUT2D eigenvalue weighted by Gasteiger charge is -2.04. The largest absolute Gasteiger partial charge is 0.327 e. The minimum atomic E-state index is -0.968. The molecule has 0 aliphatic rings. The van der Waals surface area contributed by atoms with Crippen LogP contribution in [0.25, 0.3) is 0 Å². The molecule has 0 spiro atoms. The predicted octanol–water partition coefficient (Wildman–Crippen LogP) is 1.90. The van der Waals surface area contributed by atoms with Crippen LogP contribution in [0.4, 0.5) is 0 Å². The summed E-state index contributed by atoms with van der Waals surface area (Å²) >= 11 is 3.32. The first kappa shape index (κ1) is 10.9. The van der Waals surface area contributed by atoms with Crippen LogP contribution in [0.2, 0.25) is 0 Å². The van der Waals surface area contributed by atoms with E-state index in [2.05, 4.69) is 15.9 Å². The van der Waals surface area contributed by atoms with Crippen molar-refractivity contribution in [3.05, 3.63) is 28.7 Å². The highest BCUT2D eigenvalue weighted by atomic mass is 79.9. The van der Waals surface area contributed by atoms with E-state index < -0.39 is 10.8 Å². The maximum atomic E-state index is 11.6. The maximum absolute atomic E-state index is 11.6. The summed E-state index contributed by atoms with van der Waals surface area (Å²) in [5, 5.41) is 0. The van der Waals surface area contributed by atoms with E-state index in [0.717, 1.165) is 9.37 Å². The van der Waals surface area contributed by atoms with Crippen molar-refractivity contribution in [1.29, 1.82) is 0 Å². The zero-order valence-electron chi connectivity index (χ0n) is 7.37. The van der Waals surface area contributed by atoms with Gasteiger partial charge >= 0.3 is 0 Å². The summed E-state index contributed by atoms with van der Waals surface area (Å²) in [7, 11) is -0.968. The van der Waals surface area contributed by atoms with Crippen LogP contribution >= 0.6 is 15.9 Å². The molecule has 0 radical (unpaired) electrons. The van der Waals surface area contributed by atoms with Crippen molar-refractivity contribution in [3.63, 3.8) is 0 Å². The van der Waals surface area contributed by atoms with Gasteiger partial charge < -0.3 is 5.73 Å².